The molecular formula is C14H26N2O. The lowest BCUT2D eigenvalue weighted by molar-refractivity contribution is -0.126. The Balaban J connectivity index is 1.77. The molecule has 3 heteroatoms. The second-order valence-corrected chi connectivity index (χ2v) is 6.31. The van der Waals surface area contributed by atoms with Gasteiger partial charge in [-0.1, -0.05) is 13.8 Å². The first-order chi connectivity index (χ1) is 8.03. The maximum absolute atomic E-state index is 12.1. The highest BCUT2D eigenvalue weighted by Crippen LogP contribution is 2.51. The van der Waals surface area contributed by atoms with Gasteiger partial charge in [0.2, 0.25) is 5.91 Å². The average Bonchev–Trinajstić information content (AvgIpc) is 3.07. The summed E-state index contributed by atoms with van der Waals surface area (Å²) < 4.78 is 0. The molecule has 3 nitrogen and oxygen atoms in total. The molecule has 0 bridgehead atoms. The quantitative estimate of drug-likeness (QED) is 0.786. The minimum absolute atomic E-state index is 0.231. The Morgan fingerprint density at radius 1 is 1.47 bits per heavy atom. The fourth-order valence-corrected chi connectivity index (χ4v) is 2.90. The summed E-state index contributed by atoms with van der Waals surface area (Å²) in [5.74, 6) is 1.20. The molecule has 1 aliphatic carbocycles. The van der Waals surface area contributed by atoms with Crippen LogP contribution in [0.3, 0.4) is 0 Å². The van der Waals surface area contributed by atoms with Crippen molar-refractivity contribution in [3.8, 4) is 0 Å². The molecule has 98 valence electrons. The molecule has 2 unspecified atom stereocenters. The van der Waals surface area contributed by atoms with Gasteiger partial charge in [0.15, 0.2) is 0 Å². The number of piperidine rings is 1. The van der Waals surface area contributed by atoms with Crippen molar-refractivity contribution in [2.75, 3.05) is 13.1 Å². The minimum atomic E-state index is 0.231. The molecule has 2 aliphatic rings. The smallest absolute Gasteiger partial charge is 0.223 e. The molecule has 2 atom stereocenters. The number of amides is 1. The second kappa shape index (κ2) is 4.97. The Morgan fingerprint density at radius 3 is 2.71 bits per heavy atom. The van der Waals surface area contributed by atoms with E-state index in [1.807, 2.05) is 0 Å². The Kier molecular flexibility index (Phi) is 3.76. The van der Waals surface area contributed by atoms with Crippen LogP contribution < -0.4 is 10.6 Å². The molecule has 2 rings (SSSR count). The van der Waals surface area contributed by atoms with Gasteiger partial charge < -0.3 is 10.6 Å². The summed E-state index contributed by atoms with van der Waals surface area (Å²) in [4.78, 5) is 12.1. The van der Waals surface area contributed by atoms with Gasteiger partial charge in [-0.3, -0.25) is 4.79 Å². The first-order valence-corrected chi connectivity index (χ1v) is 7.04. The molecule has 0 aromatic heterocycles. The Hall–Kier alpha value is -0.570. The number of hydrogen-bond donors (Lipinski definition) is 2. The lowest BCUT2D eigenvalue weighted by Crippen LogP contribution is -2.44. The van der Waals surface area contributed by atoms with Crippen molar-refractivity contribution >= 4 is 5.91 Å². The predicted octanol–water partition coefficient (Wildman–Crippen LogP) is 1.93. The summed E-state index contributed by atoms with van der Waals surface area (Å²) in [5, 5.41) is 6.58. The highest BCUT2D eigenvalue weighted by Gasteiger charge is 2.45. The third kappa shape index (κ3) is 3.01. The topological polar surface area (TPSA) is 41.1 Å². The van der Waals surface area contributed by atoms with Gasteiger partial charge in [-0.05, 0) is 50.5 Å². The molecule has 17 heavy (non-hydrogen) atoms. The number of hydrogen-bond acceptors (Lipinski definition) is 2. The van der Waals surface area contributed by atoms with Gasteiger partial charge >= 0.3 is 0 Å². The van der Waals surface area contributed by atoms with Crippen molar-refractivity contribution < 1.29 is 4.79 Å². The van der Waals surface area contributed by atoms with E-state index in [0.29, 0.717) is 17.4 Å². The van der Waals surface area contributed by atoms with Gasteiger partial charge in [-0.15, -0.1) is 0 Å². The van der Waals surface area contributed by atoms with E-state index in [1.165, 1.54) is 12.8 Å². The summed E-state index contributed by atoms with van der Waals surface area (Å²) in [6.07, 6.45) is 4.55. The third-order valence-corrected chi connectivity index (χ3v) is 4.73. The Morgan fingerprint density at radius 2 is 2.18 bits per heavy atom. The Bertz CT molecular complexity index is 284. The van der Waals surface area contributed by atoms with Crippen molar-refractivity contribution in [1.29, 1.82) is 0 Å². The fourth-order valence-electron chi connectivity index (χ4n) is 2.90. The van der Waals surface area contributed by atoms with Crippen LogP contribution in [-0.4, -0.2) is 25.0 Å². The third-order valence-electron chi connectivity index (χ3n) is 4.73. The molecule has 2 N–H and O–H groups in total. The van der Waals surface area contributed by atoms with E-state index in [2.05, 4.69) is 31.4 Å². The first-order valence-electron chi connectivity index (χ1n) is 7.04. The van der Waals surface area contributed by atoms with Crippen LogP contribution >= 0.6 is 0 Å². The molecule has 0 aromatic carbocycles. The summed E-state index contributed by atoms with van der Waals surface area (Å²) in [7, 11) is 0. The van der Waals surface area contributed by atoms with Crippen LogP contribution in [0.15, 0.2) is 0 Å². The van der Waals surface area contributed by atoms with Gasteiger partial charge in [-0.25, -0.2) is 0 Å². The summed E-state index contributed by atoms with van der Waals surface area (Å²) >= 11 is 0. The largest absolute Gasteiger partial charge is 0.355 e. The number of carbonyl (C=O) groups excluding carboxylic acids is 1. The lowest BCUT2D eigenvalue weighted by Gasteiger charge is -2.28. The molecule has 1 saturated carbocycles. The van der Waals surface area contributed by atoms with Gasteiger partial charge in [-0.2, -0.15) is 0 Å². The fraction of sp³-hybridized carbons (Fsp3) is 0.929. The van der Waals surface area contributed by atoms with Crippen LogP contribution in [0.2, 0.25) is 0 Å². The molecule has 0 aromatic rings. The average molecular weight is 238 g/mol. The van der Waals surface area contributed by atoms with Gasteiger partial charge in [0.05, 0.1) is 0 Å². The minimum Gasteiger partial charge on any atom is -0.355 e. The van der Waals surface area contributed by atoms with E-state index >= 15 is 0 Å². The lowest BCUT2D eigenvalue weighted by atomic mass is 9.90. The van der Waals surface area contributed by atoms with E-state index in [1.54, 1.807) is 0 Å². The van der Waals surface area contributed by atoms with E-state index in [4.69, 9.17) is 0 Å². The highest BCUT2D eigenvalue weighted by atomic mass is 16.1. The van der Waals surface area contributed by atoms with Crippen molar-refractivity contribution in [3.05, 3.63) is 0 Å². The van der Waals surface area contributed by atoms with Crippen LogP contribution in [0.4, 0.5) is 0 Å². The SMILES string of the molecule is CC1CC(C(=O)NCC2(C(C)C)CC2)CCN1. The highest BCUT2D eigenvalue weighted by molar-refractivity contribution is 5.78. The maximum Gasteiger partial charge on any atom is 0.223 e. The molecule has 1 saturated heterocycles. The zero-order valence-corrected chi connectivity index (χ0v) is 11.4. The van der Waals surface area contributed by atoms with Crippen molar-refractivity contribution in [2.24, 2.45) is 17.3 Å². The van der Waals surface area contributed by atoms with E-state index in [-0.39, 0.29) is 11.8 Å². The van der Waals surface area contributed by atoms with Crippen LogP contribution in [0, 0.1) is 17.3 Å². The second-order valence-electron chi connectivity index (χ2n) is 6.31. The van der Waals surface area contributed by atoms with Crippen LogP contribution in [0.1, 0.15) is 46.5 Å². The van der Waals surface area contributed by atoms with Gasteiger partial charge in [0.25, 0.3) is 0 Å². The van der Waals surface area contributed by atoms with Crippen LogP contribution in [0.5, 0.6) is 0 Å². The molecule has 2 fully saturated rings. The Labute approximate surface area is 105 Å². The van der Waals surface area contributed by atoms with E-state index in [9.17, 15) is 4.79 Å². The molecule has 0 spiro atoms. The standard InChI is InChI=1S/C14H26N2O/c1-10(2)14(5-6-14)9-16-13(17)12-4-7-15-11(3)8-12/h10-12,15H,4-9H2,1-3H3,(H,16,17). The van der Waals surface area contributed by atoms with Gasteiger partial charge in [0.1, 0.15) is 0 Å². The summed E-state index contributed by atoms with van der Waals surface area (Å²) in [6, 6.07) is 0.486. The molecule has 1 heterocycles. The van der Waals surface area contributed by atoms with E-state index < -0.39 is 0 Å². The van der Waals surface area contributed by atoms with Crippen LogP contribution in [-0.2, 0) is 4.79 Å². The molecular weight excluding hydrogens is 212 g/mol. The maximum atomic E-state index is 12.1. The van der Waals surface area contributed by atoms with Crippen molar-refractivity contribution in [3.63, 3.8) is 0 Å². The number of rotatable bonds is 4. The first kappa shape index (κ1) is 12.9. The van der Waals surface area contributed by atoms with E-state index in [0.717, 1.165) is 25.9 Å². The molecule has 1 amide bonds. The predicted molar refractivity (Wildman–Crippen MR) is 69.7 cm³/mol. The zero-order valence-electron chi connectivity index (χ0n) is 11.4. The van der Waals surface area contributed by atoms with Gasteiger partial charge in [0, 0.05) is 18.5 Å². The summed E-state index contributed by atoms with van der Waals surface area (Å²) in [6.45, 7) is 8.57. The molecule has 1 aliphatic heterocycles. The monoisotopic (exact) mass is 238 g/mol. The number of carbonyl (C=O) groups is 1. The van der Waals surface area contributed by atoms with Crippen LogP contribution in [0.25, 0.3) is 0 Å². The number of nitrogens with one attached hydrogen (secondary N) is 2. The molecule has 0 radical (unpaired) electrons. The summed E-state index contributed by atoms with van der Waals surface area (Å²) in [5.41, 5.74) is 0.425. The van der Waals surface area contributed by atoms with Crippen molar-refractivity contribution in [2.45, 2.75) is 52.5 Å². The zero-order chi connectivity index (χ0) is 12.5. The van der Waals surface area contributed by atoms with Crippen molar-refractivity contribution in [1.82, 2.24) is 10.6 Å². The normalized spacial score (nSPS) is 31.3.